The molecular formula is C13H21NO4. The fourth-order valence-electron chi connectivity index (χ4n) is 2.64. The molecule has 0 saturated carbocycles. The molecule has 0 bridgehead atoms. The van der Waals surface area contributed by atoms with Crippen molar-refractivity contribution in [1.29, 1.82) is 5.26 Å². The molecule has 0 aliphatic carbocycles. The standard InChI is InChI=1S/C13H21NO4/c1-5-12(6-2,10(15)16)13(8-14,11(17)18)7-9(3)4/h9H,5-7H2,1-4H3,(H,15,16)(H,17,18). The average Bonchev–Trinajstić information content (AvgIpc) is 2.28. The first kappa shape index (κ1) is 16.4. The minimum atomic E-state index is -1.88. The molecule has 0 rings (SSSR count). The van der Waals surface area contributed by atoms with Crippen LogP contribution in [0.2, 0.25) is 0 Å². The van der Waals surface area contributed by atoms with Gasteiger partial charge in [0.2, 0.25) is 0 Å². The van der Waals surface area contributed by atoms with Crippen molar-refractivity contribution in [2.45, 2.75) is 47.0 Å². The lowest BCUT2D eigenvalue weighted by Gasteiger charge is -2.40. The fourth-order valence-corrected chi connectivity index (χ4v) is 2.64. The summed E-state index contributed by atoms with van der Waals surface area (Å²) in [6.07, 6.45) is 0.268. The summed E-state index contributed by atoms with van der Waals surface area (Å²) in [6, 6.07) is 1.79. The lowest BCUT2D eigenvalue weighted by atomic mass is 9.58. The van der Waals surface area contributed by atoms with E-state index in [1.54, 1.807) is 33.8 Å². The minimum Gasteiger partial charge on any atom is -0.481 e. The van der Waals surface area contributed by atoms with E-state index in [9.17, 15) is 25.1 Å². The van der Waals surface area contributed by atoms with Crippen LogP contribution in [0.3, 0.4) is 0 Å². The number of rotatable bonds is 7. The van der Waals surface area contributed by atoms with Crippen molar-refractivity contribution in [3.8, 4) is 6.07 Å². The van der Waals surface area contributed by atoms with E-state index in [-0.39, 0.29) is 25.2 Å². The Kier molecular flexibility index (Phi) is 5.34. The number of carbonyl (C=O) groups is 2. The summed E-state index contributed by atoms with van der Waals surface area (Å²) in [5.74, 6) is -2.63. The SMILES string of the molecule is CCC(CC)(C(=O)O)C(C#N)(CC(C)C)C(=O)O. The van der Waals surface area contributed by atoms with Gasteiger partial charge < -0.3 is 10.2 Å². The highest BCUT2D eigenvalue weighted by atomic mass is 16.4. The molecule has 5 heteroatoms. The molecule has 0 heterocycles. The van der Waals surface area contributed by atoms with Crippen LogP contribution in [-0.2, 0) is 9.59 Å². The number of nitriles is 1. The van der Waals surface area contributed by atoms with E-state index < -0.39 is 22.8 Å². The predicted molar refractivity (Wildman–Crippen MR) is 65.8 cm³/mol. The topological polar surface area (TPSA) is 98.4 Å². The van der Waals surface area contributed by atoms with Crippen LogP contribution in [-0.4, -0.2) is 22.2 Å². The Labute approximate surface area is 107 Å². The van der Waals surface area contributed by atoms with E-state index in [0.29, 0.717) is 0 Å². The van der Waals surface area contributed by atoms with Gasteiger partial charge in [-0.3, -0.25) is 9.59 Å². The number of carboxylic acid groups (broad SMARTS) is 2. The van der Waals surface area contributed by atoms with E-state index in [1.807, 2.05) is 0 Å². The van der Waals surface area contributed by atoms with Gasteiger partial charge >= 0.3 is 11.9 Å². The number of carboxylic acids is 2. The molecule has 0 aliphatic rings. The maximum atomic E-state index is 11.6. The quantitative estimate of drug-likeness (QED) is 0.728. The third kappa shape index (κ3) is 2.33. The van der Waals surface area contributed by atoms with Crippen molar-refractivity contribution in [2.24, 2.45) is 16.7 Å². The lowest BCUT2D eigenvalue weighted by molar-refractivity contribution is -0.171. The molecule has 0 amide bonds. The number of nitrogens with zero attached hydrogens (tertiary/aromatic N) is 1. The van der Waals surface area contributed by atoms with E-state index >= 15 is 0 Å². The third-order valence-corrected chi connectivity index (χ3v) is 3.70. The fraction of sp³-hybridized carbons (Fsp3) is 0.769. The third-order valence-electron chi connectivity index (χ3n) is 3.70. The summed E-state index contributed by atoms with van der Waals surface area (Å²) < 4.78 is 0. The summed E-state index contributed by atoms with van der Waals surface area (Å²) in [7, 11) is 0. The highest BCUT2D eigenvalue weighted by Crippen LogP contribution is 2.49. The van der Waals surface area contributed by atoms with Gasteiger partial charge in [0, 0.05) is 0 Å². The highest BCUT2D eigenvalue weighted by molar-refractivity contribution is 5.89. The van der Waals surface area contributed by atoms with E-state index in [0.717, 1.165) is 0 Å². The van der Waals surface area contributed by atoms with Crippen molar-refractivity contribution in [3.05, 3.63) is 0 Å². The maximum Gasteiger partial charge on any atom is 0.325 e. The molecular weight excluding hydrogens is 234 g/mol. The Morgan fingerprint density at radius 3 is 1.78 bits per heavy atom. The molecule has 1 atom stereocenters. The van der Waals surface area contributed by atoms with Crippen LogP contribution in [0.25, 0.3) is 0 Å². The molecule has 0 spiro atoms. The molecule has 18 heavy (non-hydrogen) atoms. The predicted octanol–water partition coefficient (Wildman–Crippen LogP) is 2.52. The monoisotopic (exact) mass is 255 g/mol. The van der Waals surface area contributed by atoms with Crippen LogP contribution >= 0.6 is 0 Å². The van der Waals surface area contributed by atoms with Gasteiger partial charge in [-0.1, -0.05) is 27.7 Å². The van der Waals surface area contributed by atoms with Gasteiger partial charge in [0.1, 0.15) is 0 Å². The Bertz CT molecular complexity index is 366. The van der Waals surface area contributed by atoms with Crippen molar-refractivity contribution in [1.82, 2.24) is 0 Å². The van der Waals surface area contributed by atoms with Crippen LogP contribution < -0.4 is 0 Å². The normalized spacial score (nSPS) is 14.9. The summed E-state index contributed by atoms with van der Waals surface area (Å²) in [6.45, 7) is 6.81. The first-order chi connectivity index (χ1) is 8.24. The van der Waals surface area contributed by atoms with Gasteiger partial charge in [-0.2, -0.15) is 5.26 Å². The van der Waals surface area contributed by atoms with Crippen LogP contribution in [0.4, 0.5) is 0 Å². The summed E-state index contributed by atoms with van der Waals surface area (Å²) in [5.41, 5.74) is -3.42. The zero-order valence-electron chi connectivity index (χ0n) is 11.4. The van der Waals surface area contributed by atoms with Gasteiger partial charge in [0.15, 0.2) is 5.41 Å². The highest BCUT2D eigenvalue weighted by Gasteiger charge is 2.60. The number of aliphatic carboxylic acids is 2. The Morgan fingerprint density at radius 1 is 1.17 bits per heavy atom. The van der Waals surface area contributed by atoms with E-state index in [1.165, 1.54) is 0 Å². The van der Waals surface area contributed by atoms with Crippen LogP contribution in [0.5, 0.6) is 0 Å². The molecule has 0 saturated heterocycles. The Balaban J connectivity index is 6.04. The largest absolute Gasteiger partial charge is 0.481 e. The van der Waals surface area contributed by atoms with Crippen LogP contribution in [0.1, 0.15) is 47.0 Å². The van der Waals surface area contributed by atoms with E-state index in [2.05, 4.69) is 0 Å². The minimum absolute atomic E-state index is 0.0345. The molecule has 0 aliphatic heterocycles. The molecule has 0 fully saturated rings. The zero-order chi connectivity index (χ0) is 14.6. The molecule has 5 nitrogen and oxygen atoms in total. The first-order valence-electron chi connectivity index (χ1n) is 6.12. The van der Waals surface area contributed by atoms with Crippen LogP contribution in [0.15, 0.2) is 0 Å². The van der Waals surface area contributed by atoms with Gasteiger partial charge in [-0.15, -0.1) is 0 Å². The number of hydrogen-bond acceptors (Lipinski definition) is 3. The molecule has 0 aromatic heterocycles. The molecule has 1 unspecified atom stereocenters. The van der Waals surface area contributed by atoms with Crippen LogP contribution in [0, 0.1) is 28.1 Å². The molecule has 0 aromatic rings. The zero-order valence-corrected chi connectivity index (χ0v) is 11.4. The Morgan fingerprint density at radius 2 is 1.61 bits per heavy atom. The van der Waals surface area contributed by atoms with E-state index in [4.69, 9.17) is 0 Å². The molecule has 0 aromatic carbocycles. The summed E-state index contributed by atoms with van der Waals surface area (Å²) >= 11 is 0. The molecule has 2 N–H and O–H groups in total. The maximum absolute atomic E-state index is 11.6. The van der Waals surface area contributed by atoms with Crippen molar-refractivity contribution in [3.63, 3.8) is 0 Å². The second-order valence-electron chi connectivity index (χ2n) is 5.01. The van der Waals surface area contributed by atoms with Gasteiger partial charge in [0.25, 0.3) is 0 Å². The molecule has 0 radical (unpaired) electrons. The first-order valence-corrected chi connectivity index (χ1v) is 6.12. The van der Waals surface area contributed by atoms with Crippen molar-refractivity contribution in [2.75, 3.05) is 0 Å². The number of hydrogen-bond donors (Lipinski definition) is 2. The summed E-state index contributed by atoms with van der Waals surface area (Å²) in [4.78, 5) is 23.1. The van der Waals surface area contributed by atoms with Gasteiger partial charge in [-0.05, 0) is 25.2 Å². The second-order valence-corrected chi connectivity index (χ2v) is 5.01. The molecule has 102 valence electrons. The lowest BCUT2D eigenvalue weighted by Crippen LogP contribution is -2.52. The van der Waals surface area contributed by atoms with Gasteiger partial charge in [0.05, 0.1) is 11.5 Å². The summed E-state index contributed by atoms with van der Waals surface area (Å²) in [5, 5.41) is 28.2. The van der Waals surface area contributed by atoms with Crippen molar-refractivity contribution < 1.29 is 19.8 Å². The average molecular weight is 255 g/mol. The Hall–Kier alpha value is -1.57. The van der Waals surface area contributed by atoms with Crippen molar-refractivity contribution >= 4 is 11.9 Å². The van der Waals surface area contributed by atoms with Gasteiger partial charge in [-0.25, -0.2) is 0 Å². The smallest absolute Gasteiger partial charge is 0.325 e. The second kappa shape index (κ2) is 5.85.